The van der Waals surface area contributed by atoms with Crippen molar-refractivity contribution in [3.63, 3.8) is 0 Å². The van der Waals surface area contributed by atoms with E-state index in [-0.39, 0.29) is 10.4 Å². The number of benzene rings is 1. The first kappa shape index (κ1) is 12.0. The third-order valence-corrected chi connectivity index (χ3v) is 3.05. The van der Waals surface area contributed by atoms with Crippen molar-refractivity contribution in [1.82, 2.24) is 0 Å². The van der Waals surface area contributed by atoms with Gasteiger partial charge in [0.2, 0.25) is 0 Å². The molecule has 15 heavy (non-hydrogen) atoms. The third-order valence-electron chi connectivity index (χ3n) is 2.18. The summed E-state index contributed by atoms with van der Waals surface area (Å²) in [7, 11) is -4.17. The third kappa shape index (κ3) is 2.28. The van der Waals surface area contributed by atoms with Crippen molar-refractivity contribution in [2.45, 2.75) is 17.7 Å². The van der Waals surface area contributed by atoms with Crippen LogP contribution in [-0.4, -0.2) is 25.1 Å². The van der Waals surface area contributed by atoms with Crippen LogP contribution in [0.4, 0.5) is 0 Å². The molecule has 3 N–H and O–H groups in total. The predicted molar refractivity (Wildman–Crippen MR) is 53.7 cm³/mol. The van der Waals surface area contributed by atoms with Crippen LogP contribution in [-0.2, 0) is 16.5 Å². The molecule has 1 heterocycles. The summed E-state index contributed by atoms with van der Waals surface area (Å²) >= 11 is 0. The van der Waals surface area contributed by atoms with Crippen molar-refractivity contribution >= 4 is 10.1 Å². The maximum atomic E-state index is 11.0. The van der Waals surface area contributed by atoms with Crippen LogP contribution in [0.2, 0.25) is 0 Å². The molecule has 1 aromatic rings. The summed E-state index contributed by atoms with van der Waals surface area (Å²) < 4.78 is 36.1. The van der Waals surface area contributed by atoms with E-state index in [9.17, 15) is 8.42 Å². The Hall–Kier alpha value is -1.11. The van der Waals surface area contributed by atoms with E-state index >= 15 is 0 Å². The highest BCUT2D eigenvalue weighted by molar-refractivity contribution is 7.86. The molecule has 0 saturated carbocycles. The Kier molecular flexibility index (Phi) is 3.33. The minimum absolute atomic E-state index is 0. The topological polar surface area (TPSA) is 95.1 Å². The lowest BCUT2D eigenvalue weighted by Crippen LogP contribution is -2.12. The second-order valence-electron chi connectivity index (χ2n) is 3.17. The summed E-state index contributed by atoms with van der Waals surface area (Å²) in [6, 6.07) is 4.76. The molecule has 0 fully saturated rings. The van der Waals surface area contributed by atoms with Crippen molar-refractivity contribution in [3.8, 4) is 5.75 Å². The maximum absolute atomic E-state index is 11.0. The van der Waals surface area contributed by atoms with Gasteiger partial charge >= 0.3 is 0 Å². The van der Waals surface area contributed by atoms with Gasteiger partial charge in [0.05, 0.1) is 6.61 Å². The number of para-hydroxylation sites is 1. The highest BCUT2D eigenvalue weighted by Gasteiger charge is 2.21. The van der Waals surface area contributed by atoms with E-state index in [0.29, 0.717) is 12.4 Å². The lowest BCUT2D eigenvalue weighted by Gasteiger charge is -2.18. The van der Waals surface area contributed by atoms with Crippen molar-refractivity contribution in [2.75, 3.05) is 6.61 Å². The van der Waals surface area contributed by atoms with Crippen molar-refractivity contribution in [3.05, 3.63) is 23.8 Å². The molecule has 0 aromatic heterocycles. The SMILES string of the molecule is O.O=S(=O)(O)c1cccc2c1OCCC2. The van der Waals surface area contributed by atoms with Crippen molar-refractivity contribution < 1.29 is 23.2 Å². The average Bonchev–Trinajstić information content (AvgIpc) is 2.15. The van der Waals surface area contributed by atoms with E-state index in [1.54, 1.807) is 6.07 Å². The fourth-order valence-corrected chi connectivity index (χ4v) is 2.24. The Morgan fingerprint density at radius 1 is 1.33 bits per heavy atom. The molecule has 2 rings (SSSR count). The first-order valence-corrected chi connectivity index (χ1v) is 5.75. The molecule has 0 bridgehead atoms. The Bertz CT molecular complexity index is 452. The van der Waals surface area contributed by atoms with Gasteiger partial charge < -0.3 is 10.2 Å². The molecule has 0 saturated heterocycles. The average molecular weight is 232 g/mol. The highest BCUT2D eigenvalue weighted by atomic mass is 32.2. The molecule has 0 atom stereocenters. The van der Waals surface area contributed by atoms with Crippen LogP contribution in [0.3, 0.4) is 0 Å². The first-order chi connectivity index (χ1) is 6.59. The standard InChI is InChI=1S/C9H10O4S.H2O/c10-14(11,12)8-5-1-3-7-4-2-6-13-9(7)8;/h1,3,5H,2,4,6H2,(H,10,11,12);1H2. The molecule has 1 aromatic carbocycles. The van der Waals surface area contributed by atoms with Crippen LogP contribution in [0.25, 0.3) is 0 Å². The van der Waals surface area contributed by atoms with Gasteiger partial charge in [-0.3, -0.25) is 4.55 Å². The second kappa shape index (κ2) is 4.18. The lowest BCUT2D eigenvalue weighted by molar-refractivity contribution is 0.279. The van der Waals surface area contributed by atoms with Crippen LogP contribution in [0.1, 0.15) is 12.0 Å². The number of aryl methyl sites for hydroxylation is 1. The minimum atomic E-state index is -4.17. The predicted octanol–water partition coefficient (Wildman–Crippen LogP) is 0.434. The molecule has 0 aliphatic carbocycles. The van der Waals surface area contributed by atoms with Gasteiger partial charge in [0.25, 0.3) is 10.1 Å². The number of hydrogen-bond donors (Lipinski definition) is 1. The summed E-state index contributed by atoms with van der Waals surface area (Å²) in [5, 5.41) is 0. The monoisotopic (exact) mass is 232 g/mol. The molecule has 0 amide bonds. The summed E-state index contributed by atoms with van der Waals surface area (Å²) in [6.45, 7) is 0.500. The lowest BCUT2D eigenvalue weighted by atomic mass is 10.1. The van der Waals surface area contributed by atoms with Gasteiger partial charge in [-0.05, 0) is 24.5 Å². The Labute approximate surface area is 87.7 Å². The number of ether oxygens (including phenoxy) is 1. The minimum Gasteiger partial charge on any atom is -0.492 e. The smallest absolute Gasteiger partial charge is 0.298 e. The quantitative estimate of drug-likeness (QED) is 0.710. The number of fused-ring (bicyclic) bond motifs is 1. The molecular formula is C9H12O5S. The second-order valence-corrected chi connectivity index (χ2v) is 4.56. The normalized spacial score (nSPS) is 14.7. The van der Waals surface area contributed by atoms with Crippen LogP contribution in [0.5, 0.6) is 5.75 Å². The van der Waals surface area contributed by atoms with E-state index in [1.165, 1.54) is 6.07 Å². The fraction of sp³-hybridized carbons (Fsp3) is 0.333. The molecule has 5 nitrogen and oxygen atoms in total. The Morgan fingerprint density at radius 3 is 2.73 bits per heavy atom. The maximum Gasteiger partial charge on any atom is 0.298 e. The van der Waals surface area contributed by atoms with Gasteiger partial charge in [0.1, 0.15) is 10.6 Å². The zero-order chi connectivity index (χ0) is 10.2. The molecular weight excluding hydrogens is 220 g/mol. The van der Waals surface area contributed by atoms with Crippen molar-refractivity contribution in [1.29, 1.82) is 0 Å². The van der Waals surface area contributed by atoms with E-state index in [4.69, 9.17) is 9.29 Å². The van der Waals surface area contributed by atoms with Crippen LogP contribution < -0.4 is 4.74 Å². The van der Waals surface area contributed by atoms with E-state index in [2.05, 4.69) is 0 Å². The molecule has 6 heteroatoms. The fourth-order valence-electron chi connectivity index (χ4n) is 1.56. The highest BCUT2D eigenvalue weighted by Crippen LogP contribution is 2.31. The Balaban J connectivity index is 0.00000112. The van der Waals surface area contributed by atoms with E-state index < -0.39 is 10.1 Å². The molecule has 1 aliphatic heterocycles. The van der Waals surface area contributed by atoms with Gasteiger partial charge in [-0.25, -0.2) is 0 Å². The number of rotatable bonds is 1. The molecule has 0 radical (unpaired) electrons. The Morgan fingerprint density at radius 2 is 2.07 bits per heavy atom. The largest absolute Gasteiger partial charge is 0.492 e. The van der Waals surface area contributed by atoms with Gasteiger partial charge in [-0.2, -0.15) is 8.42 Å². The van der Waals surface area contributed by atoms with Gasteiger partial charge in [0, 0.05) is 0 Å². The van der Waals surface area contributed by atoms with Gasteiger partial charge in [-0.15, -0.1) is 0 Å². The van der Waals surface area contributed by atoms with Gasteiger partial charge in [0.15, 0.2) is 0 Å². The van der Waals surface area contributed by atoms with Crippen molar-refractivity contribution in [2.24, 2.45) is 0 Å². The first-order valence-electron chi connectivity index (χ1n) is 4.31. The molecule has 1 aliphatic rings. The zero-order valence-electron chi connectivity index (χ0n) is 7.93. The summed E-state index contributed by atoms with van der Waals surface area (Å²) in [5.41, 5.74) is 0.839. The van der Waals surface area contributed by atoms with Crippen LogP contribution >= 0.6 is 0 Å². The summed E-state index contributed by atoms with van der Waals surface area (Å²) in [5.74, 6) is 0.307. The number of hydrogen-bond acceptors (Lipinski definition) is 3. The zero-order valence-corrected chi connectivity index (χ0v) is 8.75. The van der Waals surface area contributed by atoms with Crippen LogP contribution in [0.15, 0.2) is 23.1 Å². The molecule has 84 valence electrons. The molecule has 0 spiro atoms. The summed E-state index contributed by atoms with van der Waals surface area (Å²) in [4.78, 5) is -0.130. The molecule has 0 unspecified atom stereocenters. The van der Waals surface area contributed by atoms with Gasteiger partial charge in [-0.1, -0.05) is 12.1 Å². The van der Waals surface area contributed by atoms with E-state index in [1.807, 2.05) is 6.07 Å². The van der Waals surface area contributed by atoms with E-state index in [0.717, 1.165) is 18.4 Å². The summed E-state index contributed by atoms with van der Waals surface area (Å²) in [6.07, 6.45) is 1.67. The van der Waals surface area contributed by atoms with Crippen LogP contribution in [0, 0.1) is 0 Å².